The molecule has 0 saturated heterocycles. The van der Waals surface area contributed by atoms with Crippen LogP contribution in [0.15, 0.2) is 36.5 Å². The summed E-state index contributed by atoms with van der Waals surface area (Å²) in [6.07, 6.45) is 40.2. The number of ether oxygens (including phenoxy) is 2. The number of allylic oxidation sites excluding steroid dienone is 6. The van der Waals surface area contributed by atoms with Crippen LogP contribution in [-0.4, -0.2) is 49.3 Å². The van der Waals surface area contributed by atoms with Crippen LogP contribution in [0.2, 0.25) is 0 Å². The van der Waals surface area contributed by atoms with Crippen molar-refractivity contribution in [2.24, 2.45) is 5.73 Å². The summed E-state index contributed by atoms with van der Waals surface area (Å²) >= 11 is 0. The fourth-order valence-electron chi connectivity index (χ4n) is 5.42. The van der Waals surface area contributed by atoms with E-state index in [9.17, 15) is 19.0 Å². The van der Waals surface area contributed by atoms with E-state index in [0.29, 0.717) is 12.8 Å². The Kier molecular flexibility index (Phi) is 36.7. The first-order valence-corrected chi connectivity index (χ1v) is 22.0. The van der Waals surface area contributed by atoms with Gasteiger partial charge in [0.1, 0.15) is 6.61 Å². The highest BCUT2D eigenvalue weighted by molar-refractivity contribution is 7.47. The third-order valence-electron chi connectivity index (χ3n) is 8.50. The SMILES string of the molecule is CCCCCC=CCC=CCCCCCCCC(=O)OCC(COP(=O)(O)OCCN)OC(=O)CCCCCCCCCC=CCCCCCC. The van der Waals surface area contributed by atoms with Crippen LogP contribution in [0, 0.1) is 0 Å². The highest BCUT2D eigenvalue weighted by atomic mass is 31.2. The Bertz CT molecular complexity index is 939. The zero-order chi connectivity index (χ0) is 37.5. The third kappa shape index (κ3) is 37.8. The Morgan fingerprint density at radius 1 is 0.588 bits per heavy atom. The summed E-state index contributed by atoms with van der Waals surface area (Å²) in [6.45, 7) is 3.67. The lowest BCUT2D eigenvalue weighted by Crippen LogP contribution is -2.29. The Morgan fingerprint density at radius 2 is 1.02 bits per heavy atom. The molecule has 0 aromatic carbocycles. The minimum atomic E-state index is -4.38. The maximum absolute atomic E-state index is 12.5. The molecule has 9 nitrogen and oxygen atoms in total. The van der Waals surface area contributed by atoms with Crippen molar-refractivity contribution in [2.75, 3.05) is 26.4 Å². The highest BCUT2D eigenvalue weighted by Gasteiger charge is 2.26. The van der Waals surface area contributed by atoms with Gasteiger partial charge in [0.25, 0.3) is 0 Å². The van der Waals surface area contributed by atoms with E-state index in [2.05, 4.69) is 50.3 Å². The van der Waals surface area contributed by atoms with E-state index in [1.54, 1.807) is 0 Å². The molecule has 2 atom stereocenters. The Labute approximate surface area is 312 Å². The summed E-state index contributed by atoms with van der Waals surface area (Å²) in [5, 5.41) is 0. The number of carbonyl (C=O) groups excluding carboxylic acids is 2. The topological polar surface area (TPSA) is 134 Å². The normalized spacial score (nSPS) is 13.7. The van der Waals surface area contributed by atoms with Gasteiger partial charge in [0.05, 0.1) is 13.2 Å². The minimum Gasteiger partial charge on any atom is -0.462 e. The lowest BCUT2D eigenvalue weighted by atomic mass is 10.1. The molecule has 0 amide bonds. The van der Waals surface area contributed by atoms with Crippen LogP contribution in [0.1, 0.15) is 181 Å². The Balaban J connectivity index is 4.22. The van der Waals surface area contributed by atoms with Crippen LogP contribution >= 0.6 is 7.82 Å². The zero-order valence-corrected chi connectivity index (χ0v) is 33.5. The van der Waals surface area contributed by atoms with E-state index in [0.717, 1.165) is 64.2 Å². The van der Waals surface area contributed by atoms with Gasteiger partial charge in [-0.1, -0.05) is 134 Å². The second-order valence-electron chi connectivity index (χ2n) is 13.5. The molecule has 0 radical (unpaired) electrons. The molecule has 0 bridgehead atoms. The maximum atomic E-state index is 12.5. The largest absolute Gasteiger partial charge is 0.472 e. The zero-order valence-electron chi connectivity index (χ0n) is 32.6. The minimum absolute atomic E-state index is 0.0503. The summed E-state index contributed by atoms with van der Waals surface area (Å²) in [7, 11) is -4.38. The van der Waals surface area contributed by atoms with Crippen molar-refractivity contribution < 1.29 is 37.6 Å². The molecule has 0 fully saturated rings. The van der Waals surface area contributed by atoms with Crippen molar-refractivity contribution in [3.8, 4) is 0 Å². The average Bonchev–Trinajstić information content (AvgIpc) is 3.11. The monoisotopic (exact) mass is 742 g/mol. The quantitative estimate of drug-likeness (QED) is 0.0274. The molecule has 0 aliphatic rings. The van der Waals surface area contributed by atoms with Crippen LogP contribution in [0.4, 0.5) is 0 Å². The molecule has 0 saturated carbocycles. The second-order valence-corrected chi connectivity index (χ2v) is 14.9. The van der Waals surface area contributed by atoms with E-state index < -0.39 is 32.5 Å². The fourth-order valence-corrected chi connectivity index (χ4v) is 6.19. The number of rotatable bonds is 38. The van der Waals surface area contributed by atoms with Crippen molar-refractivity contribution in [3.05, 3.63) is 36.5 Å². The van der Waals surface area contributed by atoms with E-state index in [1.807, 2.05) is 0 Å². The van der Waals surface area contributed by atoms with E-state index >= 15 is 0 Å². The average molecular weight is 742 g/mol. The standard InChI is InChI=1S/C41H76NO8P/c1-3-5-7-9-11-13-15-17-19-21-23-25-27-29-31-33-40(43)47-37-39(38-49-51(45,46)48-36-35-42)50-41(44)34-32-30-28-26-24-22-20-18-16-14-12-10-8-6-4-2/h11,13-14,16-17,19,39H,3-10,12,15,18,20-38,42H2,1-2H3,(H,45,46). The molecule has 3 N–H and O–H groups in total. The smallest absolute Gasteiger partial charge is 0.462 e. The van der Waals surface area contributed by atoms with Gasteiger partial charge >= 0.3 is 19.8 Å². The molecule has 10 heteroatoms. The van der Waals surface area contributed by atoms with Crippen molar-refractivity contribution in [1.82, 2.24) is 0 Å². The molecule has 0 aliphatic heterocycles. The first-order chi connectivity index (χ1) is 24.8. The van der Waals surface area contributed by atoms with Crippen LogP contribution < -0.4 is 5.73 Å². The number of phosphoric ester groups is 1. The van der Waals surface area contributed by atoms with Crippen LogP contribution in [0.5, 0.6) is 0 Å². The van der Waals surface area contributed by atoms with E-state index in [4.69, 9.17) is 24.3 Å². The molecular weight excluding hydrogens is 665 g/mol. The van der Waals surface area contributed by atoms with E-state index in [1.165, 1.54) is 77.0 Å². The summed E-state index contributed by atoms with van der Waals surface area (Å²) < 4.78 is 32.7. The van der Waals surface area contributed by atoms with Gasteiger partial charge in [0.15, 0.2) is 6.10 Å². The lowest BCUT2D eigenvalue weighted by molar-refractivity contribution is -0.161. The predicted molar refractivity (Wildman–Crippen MR) is 210 cm³/mol. The summed E-state index contributed by atoms with van der Waals surface area (Å²) in [5.74, 6) is -0.850. The molecule has 51 heavy (non-hydrogen) atoms. The number of hydrogen-bond acceptors (Lipinski definition) is 8. The van der Waals surface area contributed by atoms with Crippen LogP contribution in [-0.2, 0) is 32.7 Å². The van der Waals surface area contributed by atoms with Gasteiger partial charge in [0.2, 0.25) is 0 Å². The lowest BCUT2D eigenvalue weighted by Gasteiger charge is -2.19. The number of nitrogens with two attached hydrogens (primary N) is 1. The van der Waals surface area contributed by atoms with E-state index in [-0.39, 0.29) is 32.6 Å². The predicted octanol–water partition coefficient (Wildman–Crippen LogP) is 11.4. The molecule has 0 heterocycles. The summed E-state index contributed by atoms with van der Waals surface area (Å²) in [4.78, 5) is 34.8. The van der Waals surface area contributed by atoms with Crippen LogP contribution in [0.3, 0.4) is 0 Å². The van der Waals surface area contributed by atoms with Gasteiger partial charge in [0, 0.05) is 19.4 Å². The second kappa shape index (κ2) is 38.0. The number of unbranched alkanes of at least 4 members (excludes halogenated alkanes) is 19. The first-order valence-electron chi connectivity index (χ1n) is 20.5. The fraction of sp³-hybridized carbons (Fsp3) is 0.805. The molecule has 0 aromatic heterocycles. The summed E-state index contributed by atoms with van der Waals surface area (Å²) in [5.41, 5.74) is 5.34. The van der Waals surface area contributed by atoms with Gasteiger partial charge in [-0.3, -0.25) is 18.6 Å². The molecule has 0 aliphatic carbocycles. The van der Waals surface area contributed by atoms with Crippen molar-refractivity contribution >= 4 is 19.8 Å². The van der Waals surface area contributed by atoms with Gasteiger partial charge in [-0.2, -0.15) is 0 Å². The Morgan fingerprint density at radius 3 is 1.55 bits per heavy atom. The Hall–Kier alpha value is -1.77. The molecular formula is C41H76NO8P. The van der Waals surface area contributed by atoms with Gasteiger partial charge in [-0.25, -0.2) is 4.57 Å². The van der Waals surface area contributed by atoms with Crippen molar-refractivity contribution in [2.45, 2.75) is 187 Å². The maximum Gasteiger partial charge on any atom is 0.472 e. The molecule has 298 valence electrons. The number of hydrogen-bond donors (Lipinski definition) is 2. The number of phosphoric acid groups is 1. The molecule has 0 spiro atoms. The first kappa shape index (κ1) is 49.2. The molecule has 0 aromatic rings. The van der Waals surface area contributed by atoms with Crippen molar-refractivity contribution in [3.63, 3.8) is 0 Å². The third-order valence-corrected chi connectivity index (χ3v) is 9.48. The molecule has 0 rings (SSSR count). The highest BCUT2D eigenvalue weighted by Crippen LogP contribution is 2.43. The van der Waals surface area contributed by atoms with Gasteiger partial charge < -0.3 is 20.1 Å². The van der Waals surface area contributed by atoms with Gasteiger partial charge in [-0.15, -0.1) is 0 Å². The van der Waals surface area contributed by atoms with Crippen molar-refractivity contribution in [1.29, 1.82) is 0 Å². The molecule has 2 unspecified atom stereocenters. The number of esters is 2. The summed E-state index contributed by atoms with van der Waals surface area (Å²) in [6, 6.07) is 0. The van der Waals surface area contributed by atoms with Gasteiger partial charge in [-0.05, 0) is 70.6 Å². The van der Waals surface area contributed by atoms with Crippen LogP contribution in [0.25, 0.3) is 0 Å². The number of carbonyl (C=O) groups is 2.